The molecule has 4 nitrogen and oxygen atoms in total. The molecule has 0 radical (unpaired) electrons. The van der Waals surface area contributed by atoms with Gasteiger partial charge in [0.05, 0.1) is 13.2 Å². The van der Waals surface area contributed by atoms with Crippen LogP contribution in [-0.2, 0) is 9.47 Å². The Labute approximate surface area is 129 Å². The monoisotopic (exact) mass is 294 g/mol. The first-order valence-corrected chi connectivity index (χ1v) is 7.92. The fraction of sp³-hybridized carbons (Fsp3) is 0.647. The number of nitrogens with zero attached hydrogens (tertiary/aromatic N) is 1. The standard InChI is InChI=1S/C17H30N2O2/c1-4-20-13-11-19(12-14-21-5-2)17(15-18-3)16-9-7-6-8-10-16/h6-10,17-18H,4-5,11-15H2,1-3H3. The van der Waals surface area contributed by atoms with E-state index in [0.717, 1.165) is 46.1 Å². The molecular formula is C17H30N2O2. The van der Waals surface area contributed by atoms with Gasteiger partial charge in [-0.1, -0.05) is 30.3 Å². The number of ether oxygens (including phenoxy) is 2. The fourth-order valence-corrected chi connectivity index (χ4v) is 2.40. The number of hydrogen-bond donors (Lipinski definition) is 1. The number of rotatable bonds is 12. The number of likely N-dealkylation sites (N-methyl/N-ethyl adjacent to an activating group) is 1. The molecule has 0 saturated carbocycles. The highest BCUT2D eigenvalue weighted by molar-refractivity contribution is 5.19. The molecular weight excluding hydrogens is 264 g/mol. The minimum atomic E-state index is 0.345. The molecule has 0 heterocycles. The Bertz CT molecular complexity index is 336. The Morgan fingerprint density at radius 1 is 1.00 bits per heavy atom. The van der Waals surface area contributed by atoms with Crippen molar-refractivity contribution >= 4 is 0 Å². The zero-order valence-electron chi connectivity index (χ0n) is 13.7. The Morgan fingerprint density at radius 3 is 2.05 bits per heavy atom. The van der Waals surface area contributed by atoms with Gasteiger partial charge in [0.2, 0.25) is 0 Å². The Kier molecular flexibility index (Phi) is 10.1. The molecule has 1 atom stereocenters. The van der Waals surface area contributed by atoms with E-state index in [-0.39, 0.29) is 0 Å². The molecule has 1 unspecified atom stereocenters. The van der Waals surface area contributed by atoms with Crippen LogP contribution in [0.5, 0.6) is 0 Å². The quantitative estimate of drug-likeness (QED) is 0.600. The molecule has 0 bridgehead atoms. The van der Waals surface area contributed by atoms with Crippen molar-refractivity contribution in [3.05, 3.63) is 35.9 Å². The molecule has 1 aromatic carbocycles. The molecule has 0 aliphatic rings. The normalized spacial score (nSPS) is 12.8. The van der Waals surface area contributed by atoms with Crippen molar-refractivity contribution < 1.29 is 9.47 Å². The molecule has 1 rings (SSSR count). The smallest absolute Gasteiger partial charge is 0.0593 e. The first-order chi connectivity index (χ1) is 10.3. The van der Waals surface area contributed by atoms with Gasteiger partial charge in [-0.2, -0.15) is 0 Å². The van der Waals surface area contributed by atoms with Gasteiger partial charge >= 0.3 is 0 Å². The van der Waals surface area contributed by atoms with Crippen LogP contribution in [0, 0.1) is 0 Å². The summed E-state index contributed by atoms with van der Waals surface area (Å²) in [6, 6.07) is 11.0. The highest BCUT2D eigenvalue weighted by atomic mass is 16.5. The summed E-state index contributed by atoms with van der Waals surface area (Å²) in [6.07, 6.45) is 0. The second-order valence-electron chi connectivity index (χ2n) is 4.91. The maximum absolute atomic E-state index is 5.53. The van der Waals surface area contributed by atoms with Crippen molar-refractivity contribution in [1.82, 2.24) is 10.2 Å². The molecule has 4 heteroatoms. The highest BCUT2D eigenvalue weighted by Crippen LogP contribution is 2.19. The van der Waals surface area contributed by atoms with Crippen molar-refractivity contribution in [3.63, 3.8) is 0 Å². The molecule has 0 aliphatic heterocycles. The molecule has 1 aromatic rings. The highest BCUT2D eigenvalue weighted by Gasteiger charge is 2.19. The van der Waals surface area contributed by atoms with E-state index in [4.69, 9.17) is 9.47 Å². The number of hydrogen-bond acceptors (Lipinski definition) is 4. The van der Waals surface area contributed by atoms with Crippen LogP contribution in [-0.4, -0.2) is 58.0 Å². The summed E-state index contributed by atoms with van der Waals surface area (Å²) in [7, 11) is 2.00. The SMILES string of the molecule is CCOCCN(CCOCC)C(CNC)c1ccccc1. The summed E-state index contributed by atoms with van der Waals surface area (Å²) in [5, 5.41) is 3.30. The molecule has 0 saturated heterocycles. The Balaban J connectivity index is 2.72. The largest absolute Gasteiger partial charge is 0.380 e. The molecule has 21 heavy (non-hydrogen) atoms. The van der Waals surface area contributed by atoms with Crippen molar-refractivity contribution in [2.75, 3.05) is 53.1 Å². The molecule has 0 amide bonds. The molecule has 0 aliphatic carbocycles. The average Bonchev–Trinajstić information content (AvgIpc) is 2.52. The van der Waals surface area contributed by atoms with Crippen LogP contribution in [0.3, 0.4) is 0 Å². The lowest BCUT2D eigenvalue weighted by Crippen LogP contribution is -2.39. The maximum atomic E-state index is 5.53. The van der Waals surface area contributed by atoms with E-state index in [1.165, 1.54) is 5.56 Å². The van der Waals surface area contributed by atoms with Gasteiger partial charge in [0.1, 0.15) is 0 Å². The third kappa shape index (κ3) is 7.05. The van der Waals surface area contributed by atoms with E-state index in [0.29, 0.717) is 6.04 Å². The Hall–Kier alpha value is -0.940. The van der Waals surface area contributed by atoms with Crippen molar-refractivity contribution in [2.24, 2.45) is 0 Å². The van der Waals surface area contributed by atoms with Crippen LogP contribution in [0.2, 0.25) is 0 Å². The second-order valence-corrected chi connectivity index (χ2v) is 4.91. The van der Waals surface area contributed by atoms with Gasteiger partial charge in [0.15, 0.2) is 0 Å². The predicted octanol–water partition coefficient (Wildman–Crippen LogP) is 2.32. The van der Waals surface area contributed by atoms with E-state index in [9.17, 15) is 0 Å². The molecule has 0 spiro atoms. The van der Waals surface area contributed by atoms with E-state index in [1.807, 2.05) is 20.9 Å². The van der Waals surface area contributed by atoms with Gasteiger partial charge in [-0.25, -0.2) is 0 Å². The van der Waals surface area contributed by atoms with Crippen molar-refractivity contribution in [1.29, 1.82) is 0 Å². The van der Waals surface area contributed by atoms with Crippen LogP contribution >= 0.6 is 0 Å². The predicted molar refractivity (Wildman–Crippen MR) is 87.7 cm³/mol. The number of nitrogens with one attached hydrogen (secondary N) is 1. The lowest BCUT2D eigenvalue weighted by Gasteiger charge is -2.32. The van der Waals surface area contributed by atoms with Crippen LogP contribution in [0.15, 0.2) is 30.3 Å². The van der Waals surface area contributed by atoms with E-state index < -0.39 is 0 Å². The minimum Gasteiger partial charge on any atom is -0.380 e. The van der Waals surface area contributed by atoms with Gasteiger partial charge in [0.25, 0.3) is 0 Å². The average molecular weight is 294 g/mol. The molecule has 0 aromatic heterocycles. The van der Waals surface area contributed by atoms with Gasteiger partial charge < -0.3 is 14.8 Å². The van der Waals surface area contributed by atoms with Crippen LogP contribution in [0.1, 0.15) is 25.5 Å². The van der Waals surface area contributed by atoms with Gasteiger partial charge in [0, 0.05) is 38.9 Å². The lowest BCUT2D eigenvalue weighted by molar-refractivity contribution is 0.0625. The summed E-state index contributed by atoms with van der Waals surface area (Å²) in [5.74, 6) is 0. The summed E-state index contributed by atoms with van der Waals surface area (Å²) >= 11 is 0. The summed E-state index contributed by atoms with van der Waals surface area (Å²) in [4.78, 5) is 2.44. The molecule has 1 N–H and O–H groups in total. The van der Waals surface area contributed by atoms with Crippen molar-refractivity contribution in [2.45, 2.75) is 19.9 Å². The third-order valence-corrected chi connectivity index (χ3v) is 3.48. The summed E-state index contributed by atoms with van der Waals surface area (Å²) < 4.78 is 11.1. The van der Waals surface area contributed by atoms with E-state index in [1.54, 1.807) is 0 Å². The van der Waals surface area contributed by atoms with E-state index in [2.05, 4.69) is 40.5 Å². The second kappa shape index (κ2) is 11.7. The number of benzene rings is 1. The van der Waals surface area contributed by atoms with Gasteiger partial charge in [-0.3, -0.25) is 4.90 Å². The zero-order valence-corrected chi connectivity index (χ0v) is 13.7. The maximum Gasteiger partial charge on any atom is 0.0593 e. The minimum absolute atomic E-state index is 0.345. The first-order valence-electron chi connectivity index (χ1n) is 7.92. The van der Waals surface area contributed by atoms with E-state index >= 15 is 0 Å². The van der Waals surface area contributed by atoms with Crippen LogP contribution < -0.4 is 5.32 Å². The van der Waals surface area contributed by atoms with Crippen LogP contribution in [0.4, 0.5) is 0 Å². The van der Waals surface area contributed by atoms with Crippen LogP contribution in [0.25, 0.3) is 0 Å². The third-order valence-electron chi connectivity index (χ3n) is 3.48. The van der Waals surface area contributed by atoms with Gasteiger partial charge in [-0.05, 0) is 26.5 Å². The molecule has 120 valence electrons. The van der Waals surface area contributed by atoms with Crippen molar-refractivity contribution in [3.8, 4) is 0 Å². The fourth-order valence-electron chi connectivity index (χ4n) is 2.40. The summed E-state index contributed by atoms with van der Waals surface area (Å²) in [5.41, 5.74) is 1.33. The molecule has 0 fully saturated rings. The zero-order chi connectivity index (χ0) is 15.3. The van der Waals surface area contributed by atoms with Gasteiger partial charge in [-0.15, -0.1) is 0 Å². The lowest BCUT2D eigenvalue weighted by atomic mass is 10.1. The topological polar surface area (TPSA) is 33.7 Å². The Morgan fingerprint density at radius 2 is 1.57 bits per heavy atom. The summed E-state index contributed by atoms with van der Waals surface area (Å²) in [6.45, 7) is 9.88. The first kappa shape index (κ1) is 18.1.